The highest BCUT2D eigenvalue weighted by Gasteiger charge is 2.03. The number of benzene rings is 1. The smallest absolute Gasteiger partial charge is 0.431 e. The Morgan fingerprint density at radius 2 is 2.00 bits per heavy atom. The molecule has 0 unspecified atom stereocenters. The van der Waals surface area contributed by atoms with Crippen LogP contribution in [0, 0.1) is 0 Å². The van der Waals surface area contributed by atoms with Gasteiger partial charge in [-0.2, -0.15) is 5.48 Å². The molecule has 0 radical (unpaired) electrons. The summed E-state index contributed by atoms with van der Waals surface area (Å²) in [6.45, 7) is 3.88. The van der Waals surface area contributed by atoms with Crippen molar-refractivity contribution in [1.29, 1.82) is 0 Å². The molecule has 1 amide bonds. The minimum absolute atomic E-state index is 0.0609. The second-order valence-corrected chi connectivity index (χ2v) is 3.33. The van der Waals surface area contributed by atoms with Gasteiger partial charge in [0.05, 0.1) is 6.10 Å². The molecule has 0 aromatic heterocycles. The van der Waals surface area contributed by atoms with Gasteiger partial charge in [0, 0.05) is 0 Å². The van der Waals surface area contributed by atoms with Crippen LogP contribution < -0.4 is 5.48 Å². The molecule has 0 aliphatic rings. The Morgan fingerprint density at radius 1 is 1.33 bits per heavy atom. The highest BCUT2D eigenvalue weighted by Crippen LogP contribution is 2.00. The zero-order valence-corrected chi connectivity index (χ0v) is 8.90. The predicted octanol–water partition coefficient (Wildman–Crippen LogP) is 2.25. The Hall–Kier alpha value is -1.55. The van der Waals surface area contributed by atoms with Crippen molar-refractivity contribution >= 4 is 6.09 Å². The van der Waals surface area contributed by atoms with E-state index in [1.54, 1.807) is 0 Å². The van der Waals surface area contributed by atoms with Gasteiger partial charge in [0.15, 0.2) is 0 Å². The molecule has 0 saturated heterocycles. The maximum Gasteiger partial charge on any atom is 0.431 e. The van der Waals surface area contributed by atoms with E-state index >= 15 is 0 Å². The highest BCUT2D eigenvalue weighted by atomic mass is 16.7. The van der Waals surface area contributed by atoms with Crippen LogP contribution in [-0.4, -0.2) is 12.2 Å². The van der Waals surface area contributed by atoms with Gasteiger partial charge in [-0.15, -0.1) is 0 Å². The van der Waals surface area contributed by atoms with Crippen molar-refractivity contribution in [2.45, 2.75) is 26.6 Å². The van der Waals surface area contributed by atoms with Crippen LogP contribution in [0.4, 0.5) is 4.79 Å². The molecule has 0 fully saturated rings. The van der Waals surface area contributed by atoms with Crippen molar-refractivity contribution in [3.8, 4) is 0 Å². The number of carbonyl (C=O) groups is 1. The first-order valence-corrected chi connectivity index (χ1v) is 4.81. The van der Waals surface area contributed by atoms with Crippen molar-refractivity contribution in [2.24, 2.45) is 0 Å². The van der Waals surface area contributed by atoms with Crippen LogP contribution in [0.25, 0.3) is 0 Å². The zero-order valence-electron chi connectivity index (χ0n) is 8.90. The first kappa shape index (κ1) is 11.5. The number of nitrogens with one attached hydrogen (secondary N) is 1. The molecule has 1 N–H and O–H groups in total. The fraction of sp³-hybridized carbons (Fsp3) is 0.364. The molecule has 0 atom stereocenters. The molecule has 1 rings (SSSR count). The number of hydrogen-bond donors (Lipinski definition) is 1. The first-order chi connectivity index (χ1) is 7.18. The molecule has 0 aliphatic carbocycles. The minimum atomic E-state index is -0.576. The van der Waals surface area contributed by atoms with Crippen LogP contribution in [-0.2, 0) is 16.2 Å². The Balaban J connectivity index is 2.23. The summed E-state index contributed by atoms with van der Waals surface area (Å²) in [5.41, 5.74) is 3.13. The standard InChI is InChI=1S/C11H15NO3/c1-9(2)15-12-11(13)14-8-10-6-4-3-5-7-10/h3-7,9H,8H2,1-2H3,(H,12,13). The topological polar surface area (TPSA) is 47.6 Å². The van der Waals surface area contributed by atoms with Crippen molar-refractivity contribution < 1.29 is 14.4 Å². The number of ether oxygens (including phenoxy) is 1. The van der Waals surface area contributed by atoms with Crippen LogP contribution in [0.2, 0.25) is 0 Å². The van der Waals surface area contributed by atoms with Gasteiger partial charge in [0.1, 0.15) is 6.61 Å². The third-order valence-corrected chi connectivity index (χ3v) is 1.59. The van der Waals surface area contributed by atoms with Gasteiger partial charge in [-0.1, -0.05) is 30.3 Å². The average molecular weight is 209 g/mol. The number of hydrogen-bond acceptors (Lipinski definition) is 3. The van der Waals surface area contributed by atoms with Crippen molar-refractivity contribution in [3.05, 3.63) is 35.9 Å². The van der Waals surface area contributed by atoms with Crippen LogP contribution in [0.15, 0.2) is 30.3 Å². The lowest BCUT2D eigenvalue weighted by Crippen LogP contribution is -2.27. The second-order valence-electron chi connectivity index (χ2n) is 3.33. The highest BCUT2D eigenvalue weighted by molar-refractivity contribution is 5.65. The molecule has 0 heterocycles. The molecular formula is C11H15NO3. The van der Waals surface area contributed by atoms with Crippen LogP contribution in [0.3, 0.4) is 0 Å². The van der Waals surface area contributed by atoms with E-state index < -0.39 is 6.09 Å². The van der Waals surface area contributed by atoms with Gasteiger partial charge in [-0.05, 0) is 19.4 Å². The predicted molar refractivity (Wildman–Crippen MR) is 56.0 cm³/mol. The summed E-state index contributed by atoms with van der Waals surface area (Å²) < 4.78 is 4.90. The van der Waals surface area contributed by atoms with E-state index in [1.165, 1.54) is 0 Å². The van der Waals surface area contributed by atoms with Gasteiger partial charge in [-0.25, -0.2) is 4.79 Å². The summed E-state index contributed by atoms with van der Waals surface area (Å²) in [5.74, 6) is 0. The lowest BCUT2D eigenvalue weighted by molar-refractivity contribution is -0.00862. The Labute approximate surface area is 89.1 Å². The number of amides is 1. The van der Waals surface area contributed by atoms with Gasteiger partial charge in [0.25, 0.3) is 0 Å². The van der Waals surface area contributed by atoms with Crippen molar-refractivity contribution in [3.63, 3.8) is 0 Å². The third kappa shape index (κ3) is 5.02. The molecule has 0 spiro atoms. The molecule has 4 nitrogen and oxygen atoms in total. The average Bonchev–Trinajstić information content (AvgIpc) is 2.25. The molecule has 82 valence electrons. The van der Waals surface area contributed by atoms with E-state index in [4.69, 9.17) is 9.57 Å². The zero-order chi connectivity index (χ0) is 11.1. The molecule has 0 saturated carbocycles. The molecule has 0 bridgehead atoms. The number of hydroxylamine groups is 1. The lowest BCUT2D eigenvalue weighted by Gasteiger charge is -2.08. The Morgan fingerprint density at radius 3 is 2.60 bits per heavy atom. The second kappa shape index (κ2) is 6.03. The Bertz CT molecular complexity index is 298. The van der Waals surface area contributed by atoms with Gasteiger partial charge < -0.3 is 4.74 Å². The van der Waals surface area contributed by atoms with E-state index in [0.29, 0.717) is 0 Å². The van der Waals surface area contributed by atoms with Crippen LogP contribution in [0.5, 0.6) is 0 Å². The Kier molecular flexibility index (Phi) is 4.63. The monoisotopic (exact) mass is 209 g/mol. The first-order valence-electron chi connectivity index (χ1n) is 4.81. The quantitative estimate of drug-likeness (QED) is 0.774. The van der Waals surface area contributed by atoms with E-state index in [1.807, 2.05) is 44.2 Å². The summed E-state index contributed by atoms with van der Waals surface area (Å²) in [6, 6.07) is 9.46. The summed E-state index contributed by atoms with van der Waals surface area (Å²) in [5, 5.41) is 0. The maximum atomic E-state index is 11.1. The van der Waals surface area contributed by atoms with Crippen molar-refractivity contribution in [2.75, 3.05) is 0 Å². The van der Waals surface area contributed by atoms with Gasteiger partial charge >= 0.3 is 6.09 Å². The van der Waals surface area contributed by atoms with Crippen molar-refractivity contribution in [1.82, 2.24) is 5.48 Å². The molecule has 4 heteroatoms. The molecule has 1 aromatic rings. The maximum absolute atomic E-state index is 11.1. The number of rotatable bonds is 4. The van der Waals surface area contributed by atoms with Crippen LogP contribution >= 0.6 is 0 Å². The molecule has 0 aliphatic heterocycles. The van der Waals surface area contributed by atoms with E-state index in [9.17, 15) is 4.79 Å². The van der Waals surface area contributed by atoms with E-state index in [-0.39, 0.29) is 12.7 Å². The fourth-order valence-corrected chi connectivity index (χ4v) is 0.919. The van der Waals surface area contributed by atoms with E-state index in [0.717, 1.165) is 5.56 Å². The third-order valence-electron chi connectivity index (χ3n) is 1.59. The minimum Gasteiger partial charge on any atom is -0.443 e. The summed E-state index contributed by atoms with van der Waals surface area (Å²) in [7, 11) is 0. The summed E-state index contributed by atoms with van der Waals surface area (Å²) >= 11 is 0. The number of carbonyl (C=O) groups excluding carboxylic acids is 1. The van der Waals surface area contributed by atoms with Crippen LogP contribution in [0.1, 0.15) is 19.4 Å². The fourth-order valence-electron chi connectivity index (χ4n) is 0.919. The summed E-state index contributed by atoms with van der Waals surface area (Å²) in [4.78, 5) is 15.9. The van der Waals surface area contributed by atoms with Gasteiger partial charge in [-0.3, -0.25) is 4.84 Å². The largest absolute Gasteiger partial charge is 0.443 e. The molecular weight excluding hydrogens is 194 g/mol. The SMILES string of the molecule is CC(C)ONC(=O)OCc1ccccc1. The summed E-state index contributed by atoms with van der Waals surface area (Å²) in [6.07, 6.45) is -0.637. The van der Waals surface area contributed by atoms with E-state index in [2.05, 4.69) is 5.48 Å². The molecule has 1 aromatic carbocycles. The molecule has 15 heavy (non-hydrogen) atoms. The normalized spacial score (nSPS) is 10.1. The lowest BCUT2D eigenvalue weighted by atomic mass is 10.2. The van der Waals surface area contributed by atoms with Gasteiger partial charge in [0.2, 0.25) is 0 Å².